The number of thioether (sulfide) groups is 1. The molecular weight excluding hydrogens is 341 g/mol. The summed E-state index contributed by atoms with van der Waals surface area (Å²) in [5.41, 5.74) is 1.73. The fourth-order valence-electron chi connectivity index (χ4n) is 2.45. The minimum absolute atomic E-state index is 0.242. The molecule has 0 aliphatic carbocycles. The topological polar surface area (TPSA) is 49.2 Å². The van der Waals surface area contributed by atoms with Gasteiger partial charge < -0.3 is 14.0 Å². The van der Waals surface area contributed by atoms with E-state index in [0.717, 1.165) is 27.9 Å². The Morgan fingerprint density at radius 1 is 1.04 bits per heavy atom. The van der Waals surface area contributed by atoms with E-state index in [-0.39, 0.29) is 11.6 Å². The van der Waals surface area contributed by atoms with Crippen molar-refractivity contribution >= 4 is 11.8 Å². The second kappa shape index (κ2) is 7.57. The van der Waals surface area contributed by atoms with Gasteiger partial charge in [0.15, 0.2) is 22.5 Å². The molecule has 0 N–H and O–H groups in total. The van der Waals surface area contributed by atoms with Crippen molar-refractivity contribution in [1.82, 2.24) is 14.8 Å². The minimum atomic E-state index is -0.367. The predicted octanol–water partition coefficient (Wildman–Crippen LogP) is 3.93. The lowest BCUT2D eigenvalue weighted by Gasteiger charge is -2.08. The number of para-hydroxylation sites is 1. The molecule has 0 saturated carbocycles. The molecule has 0 aliphatic rings. The van der Waals surface area contributed by atoms with E-state index in [1.807, 2.05) is 41.9 Å². The third-order valence-corrected chi connectivity index (χ3v) is 4.86. The summed E-state index contributed by atoms with van der Waals surface area (Å²) in [6.45, 7) is 0. The van der Waals surface area contributed by atoms with Crippen LogP contribution in [-0.2, 0) is 12.8 Å². The molecule has 1 aromatic heterocycles. The average Bonchev–Trinajstić information content (AvgIpc) is 3.00. The van der Waals surface area contributed by atoms with Gasteiger partial charge in [0.2, 0.25) is 0 Å². The van der Waals surface area contributed by atoms with Crippen LogP contribution in [0.3, 0.4) is 0 Å². The molecule has 0 saturated heterocycles. The predicted molar refractivity (Wildman–Crippen MR) is 95.5 cm³/mol. The molecule has 7 heteroatoms. The Morgan fingerprint density at radius 2 is 1.80 bits per heavy atom. The molecule has 0 spiro atoms. The number of hydrogen-bond acceptors (Lipinski definition) is 5. The van der Waals surface area contributed by atoms with Gasteiger partial charge in [-0.15, -0.1) is 10.2 Å². The number of methoxy groups -OCH3 is 2. The Hall–Kier alpha value is -2.54. The van der Waals surface area contributed by atoms with Gasteiger partial charge in [-0.25, -0.2) is 4.39 Å². The number of benzene rings is 2. The number of aromatic nitrogens is 3. The Balaban J connectivity index is 1.79. The van der Waals surface area contributed by atoms with Gasteiger partial charge >= 0.3 is 0 Å². The van der Waals surface area contributed by atoms with Crippen molar-refractivity contribution in [3.63, 3.8) is 0 Å². The SMILES string of the molecule is COc1ccc(CSc2nnc(-c3ccccc3OC)n2C)cc1F. The Morgan fingerprint density at radius 3 is 2.52 bits per heavy atom. The molecule has 0 unspecified atom stereocenters. The smallest absolute Gasteiger partial charge is 0.191 e. The highest BCUT2D eigenvalue weighted by Crippen LogP contribution is 2.31. The van der Waals surface area contributed by atoms with Crippen molar-refractivity contribution in [1.29, 1.82) is 0 Å². The van der Waals surface area contributed by atoms with E-state index >= 15 is 0 Å². The zero-order valence-electron chi connectivity index (χ0n) is 14.2. The lowest BCUT2D eigenvalue weighted by Crippen LogP contribution is -1.97. The fraction of sp³-hybridized carbons (Fsp3) is 0.222. The lowest BCUT2D eigenvalue weighted by atomic mass is 10.2. The zero-order chi connectivity index (χ0) is 17.8. The number of nitrogens with zero attached hydrogens (tertiary/aromatic N) is 3. The molecule has 1 heterocycles. The standard InChI is InChI=1S/C18H18FN3O2S/c1-22-17(13-6-4-5-7-15(13)23-2)20-21-18(22)25-11-12-8-9-16(24-3)14(19)10-12/h4-10H,11H2,1-3H3. The first kappa shape index (κ1) is 17.3. The van der Waals surface area contributed by atoms with Crippen LogP contribution in [0.2, 0.25) is 0 Å². The van der Waals surface area contributed by atoms with Crippen LogP contribution >= 0.6 is 11.8 Å². The van der Waals surface area contributed by atoms with Gasteiger partial charge in [0, 0.05) is 12.8 Å². The average molecular weight is 359 g/mol. The van der Waals surface area contributed by atoms with Crippen LogP contribution in [0.25, 0.3) is 11.4 Å². The first-order valence-electron chi connectivity index (χ1n) is 7.62. The first-order valence-corrected chi connectivity index (χ1v) is 8.60. The van der Waals surface area contributed by atoms with Crippen molar-refractivity contribution in [2.45, 2.75) is 10.9 Å². The van der Waals surface area contributed by atoms with Crippen LogP contribution in [-0.4, -0.2) is 29.0 Å². The van der Waals surface area contributed by atoms with E-state index in [1.165, 1.54) is 24.9 Å². The van der Waals surface area contributed by atoms with E-state index in [4.69, 9.17) is 9.47 Å². The number of hydrogen-bond donors (Lipinski definition) is 0. The molecule has 130 valence electrons. The normalized spacial score (nSPS) is 10.7. The molecule has 0 amide bonds. The lowest BCUT2D eigenvalue weighted by molar-refractivity contribution is 0.386. The molecule has 0 bridgehead atoms. The summed E-state index contributed by atoms with van der Waals surface area (Å²) < 4.78 is 26.0. The molecule has 3 rings (SSSR count). The molecule has 5 nitrogen and oxygen atoms in total. The van der Waals surface area contributed by atoms with Crippen LogP contribution in [0.5, 0.6) is 11.5 Å². The monoisotopic (exact) mass is 359 g/mol. The number of ether oxygens (including phenoxy) is 2. The summed E-state index contributed by atoms with van der Waals surface area (Å²) >= 11 is 1.49. The molecule has 2 aromatic carbocycles. The van der Waals surface area contributed by atoms with Gasteiger partial charge in [0.05, 0.1) is 19.8 Å². The van der Waals surface area contributed by atoms with E-state index in [0.29, 0.717) is 5.75 Å². The van der Waals surface area contributed by atoms with Gasteiger partial charge in [-0.05, 0) is 29.8 Å². The Labute approximate surface area is 149 Å². The summed E-state index contributed by atoms with van der Waals surface area (Å²) in [7, 11) is 4.98. The number of halogens is 1. The van der Waals surface area contributed by atoms with Crippen LogP contribution in [0, 0.1) is 5.82 Å². The summed E-state index contributed by atoms with van der Waals surface area (Å²) in [5.74, 6) is 1.92. The maximum absolute atomic E-state index is 13.8. The van der Waals surface area contributed by atoms with Crippen molar-refractivity contribution in [2.24, 2.45) is 7.05 Å². The zero-order valence-corrected chi connectivity index (χ0v) is 15.0. The van der Waals surface area contributed by atoms with Gasteiger partial charge in [0.25, 0.3) is 0 Å². The van der Waals surface area contributed by atoms with Crippen molar-refractivity contribution in [2.75, 3.05) is 14.2 Å². The van der Waals surface area contributed by atoms with E-state index < -0.39 is 0 Å². The molecular formula is C18H18FN3O2S. The summed E-state index contributed by atoms with van der Waals surface area (Å²) in [4.78, 5) is 0. The fourth-order valence-corrected chi connectivity index (χ4v) is 3.31. The van der Waals surface area contributed by atoms with Crippen molar-refractivity contribution in [3.05, 3.63) is 53.8 Å². The van der Waals surface area contributed by atoms with Crippen LogP contribution in [0.4, 0.5) is 4.39 Å². The highest BCUT2D eigenvalue weighted by molar-refractivity contribution is 7.98. The largest absolute Gasteiger partial charge is 0.496 e. The quantitative estimate of drug-likeness (QED) is 0.624. The van der Waals surface area contributed by atoms with Crippen LogP contribution in [0.15, 0.2) is 47.6 Å². The van der Waals surface area contributed by atoms with Crippen LogP contribution in [0.1, 0.15) is 5.56 Å². The summed E-state index contributed by atoms with van der Waals surface area (Å²) in [5, 5.41) is 9.26. The van der Waals surface area contributed by atoms with Crippen molar-refractivity contribution in [3.8, 4) is 22.9 Å². The molecule has 25 heavy (non-hydrogen) atoms. The van der Waals surface area contributed by atoms with Gasteiger partial charge in [-0.1, -0.05) is 30.0 Å². The van der Waals surface area contributed by atoms with Gasteiger partial charge in [-0.3, -0.25) is 0 Å². The third kappa shape index (κ3) is 3.61. The number of rotatable bonds is 6. The molecule has 0 aliphatic heterocycles. The minimum Gasteiger partial charge on any atom is -0.496 e. The Kier molecular flexibility index (Phi) is 5.23. The van der Waals surface area contributed by atoms with E-state index in [1.54, 1.807) is 13.2 Å². The highest BCUT2D eigenvalue weighted by Gasteiger charge is 2.15. The maximum atomic E-state index is 13.8. The molecule has 0 fully saturated rings. The molecule has 3 aromatic rings. The Bertz CT molecular complexity index is 883. The maximum Gasteiger partial charge on any atom is 0.191 e. The van der Waals surface area contributed by atoms with E-state index in [2.05, 4.69) is 10.2 Å². The van der Waals surface area contributed by atoms with Gasteiger partial charge in [-0.2, -0.15) is 0 Å². The highest BCUT2D eigenvalue weighted by atomic mass is 32.2. The second-order valence-corrected chi connectivity index (χ2v) is 6.27. The summed E-state index contributed by atoms with van der Waals surface area (Å²) in [6.07, 6.45) is 0. The van der Waals surface area contributed by atoms with Gasteiger partial charge in [0.1, 0.15) is 5.75 Å². The molecule has 0 radical (unpaired) electrons. The first-order chi connectivity index (χ1) is 12.1. The summed E-state index contributed by atoms with van der Waals surface area (Å²) in [6, 6.07) is 12.6. The second-order valence-electron chi connectivity index (χ2n) is 5.32. The third-order valence-electron chi connectivity index (χ3n) is 3.77. The molecule has 0 atom stereocenters. The van der Waals surface area contributed by atoms with Crippen molar-refractivity contribution < 1.29 is 13.9 Å². The van der Waals surface area contributed by atoms with Crippen LogP contribution < -0.4 is 9.47 Å². The van der Waals surface area contributed by atoms with E-state index in [9.17, 15) is 4.39 Å².